The molecule has 0 spiro atoms. The van der Waals surface area contributed by atoms with Crippen LogP contribution >= 0.6 is 24.0 Å². The van der Waals surface area contributed by atoms with Crippen LogP contribution in [0.3, 0.4) is 0 Å². The average Bonchev–Trinajstić information content (AvgIpc) is 3.50. The van der Waals surface area contributed by atoms with Gasteiger partial charge < -0.3 is 20.1 Å². The van der Waals surface area contributed by atoms with Gasteiger partial charge in [-0.1, -0.05) is 19.3 Å². The lowest BCUT2D eigenvalue weighted by Crippen LogP contribution is -2.51. The molecular formula is C20H39IN4O2. The van der Waals surface area contributed by atoms with E-state index in [2.05, 4.69) is 20.5 Å². The van der Waals surface area contributed by atoms with Gasteiger partial charge in [0.1, 0.15) is 0 Å². The highest BCUT2D eigenvalue weighted by Gasteiger charge is 2.34. The van der Waals surface area contributed by atoms with Crippen molar-refractivity contribution in [3.05, 3.63) is 0 Å². The van der Waals surface area contributed by atoms with Crippen LogP contribution in [0.5, 0.6) is 0 Å². The van der Waals surface area contributed by atoms with Crippen molar-refractivity contribution in [1.29, 1.82) is 0 Å². The first-order chi connectivity index (χ1) is 12.8. The molecule has 0 amide bonds. The highest BCUT2D eigenvalue weighted by Crippen LogP contribution is 2.36. The van der Waals surface area contributed by atoms with Gasteiger partial charge in [-0.05, 0) is 31.6 Å². The van der Waals surface area contributed by atoms with Crippen molar-refractivity contribution in [2.75, 3.05) is 66.2 Å². The van der Waals surface area contributed by atoms with E-state index in [0.29, 0.717) is 5.41 Å². The number of aliphatic imine (C=N–C) groups is 1. The van der Waals surface area contributed by atoms with Crippen LogP contribution in [0, 0.1) is 11.3 Å². The molecule has 1 saturated heterocycles. The number of rotatable bonds is 9. The molecule has 0 atom stereocenters. The summed E-state index contributed by atoms with van der Waals surface area (Å²) in [6, 6.07) is 0. The summed E-state index contributed by atoms with van der Waals surface area (Å²) in [5.74, 6) is 1.74. The summed E-state index contributed by atoms with van der Waals surface area (Å²) >= 11 is 0. The van der Waals surface area contributed by atoms with E-state index >= 15 is 0 Å². The van der Waals surface area contributed by atoms with Crippen LogP contribution in [-0.4, -0.2) is 77.1 Å². The van der Waals surface area contributed by atoms with Crippen molar-refractivity contribution in [1.82, 2.24) is 15.5 Å². The third kappa shape index (κ3) is 8.41. The first-order valence-electron chi connectivity index (χ1n) is 10.6. The second-order valence-corrected chi connectivity index (χ2v) is 8.32. The Kier molecular flexibility index (Phi) is 10.7. The van der Waals surface area contributed by atoms with Crippen molar-refractivity contribution in [2.45, 2.75) is 44.9 Å². The molecule has 158 valence electrons. The summed E-state index contributed by atoms with van der Waals surface area (Å²) in [7, 11) is 1.86. The van der Waals surface area contributed by atoms with Gasteiger partial charge in [0.2, 0.25) is 0 Å². The van der Waals surface area contributed by atoms with Gasteiger partial charge in [-0.15, -0.1) is 24.0 Å². The van der Waals surface area contributed by atoms with Crippen molar-refractivity contribution in [3.63, 3.8) is 0 Å². The molecular weight excluding hydrogens is 455 g/mol. The maximum absolute atomic E-state index is 5.70. The number of hydrogen-bond acceptors (Lipinski definition) is 4. The monoisotopic (exact) mass is 494 g/mol. The van der Waals surface area contributed by atoms with Gasteiger partial charge in [-0.2, -0.15) is 0 Å². The number of nitrogens with one attached hydrogen (secondary N) is 2. The van der Waals surface area contributed by atoms with Gasteiger partial charge in [0, 0.05) is 51.8 Å². The minimum absolute atomic E-state index is 0. The van der Waals surface area contributed by atoms with E-state index in [0.717, 1.165) is 64.5 Å². The number of hydrogen-bond donors (Lipinski definition) is 2. The van der Waals surface area contributed by atoms with Crippen molar-refractivity contribution >= 4 is 29.9 Å². The maximum atomic E-state index is 5.70. The summed E-state index contributed by atoms with van der Waals surface area (Å²) in [5.41, 5.74) is 0.371. The van der Waals surface area contributed by atoms with Gasteiger partial charge in [0.05, 0.1) is 19.8 Å². The van der Waals surface area contributed by atoms with E-state index in [4.69, 9.17) is 9.47 Å². The molecule has 0 aromatic rings. The third-order valence-corrected chi connectivity index (χ3v) is 6.02. The van der Waals surface area contributed by atoms with E-state index in [1.54, 1.807) is 0 Å². The normalized spacial score (nSPS) is 23.5. The van der Waals surface area contributed by atoms with Crippen LogP contribution in [0.15, 0.2) is 4.99 Å². The number of halogens is 1. The van der Waals surface area contributed by atoms with E-state index in [-0.39, 0.29) is 24.0 Å². The van der Waals surface area contributed by atoms with Gasteiger partial charge >= 0.3 is 0 Å². The van der Waals surface area contributed by atoms with Crippen LogP contribution in [0.25, 0.3) is 0 Å². The summed E-state index contributed by atoms with van der Waals surface area (Å²) in [5, 5.41) is 7.01. The Morgan fingerprint density at radius 1 is 1.15 bits per heavy atom. The quantitative estimate of drug-likeness (QED) is 0.223. The van der Waals surface area contributed by atoms with Crippen LogP contribution in [-0.2, 0) is 9.47 Å². The van der Waals surface area contributed by atoms with Crippen molar-refractivity contribution < 1.29 is 9.47 Å². The predicted molar refractivity (Wildman–Crippen MR) is 121 cm³/mol. The molecule has 0 aromatic heterocycles. The molecule has 0 bridgehead atoms. The minimum atomic E-state index is 0. The number of guanidine groups is 1. The molecule has 2 N–H and O–H groups in total. The SMILES string of the molecule is CN=C(NCCOCC1CC1)NCC1(CN2CCOCC2)CCCCC1.I. The molecule has 2 saturated carbocycles. The number of ether oxygens (including phenoxy) is 2. The zero-order chi connectivity index (χ0) is 18.1. The van der Waals surface area contributed by atoms with Crippen LogP contribution in [0.2, 0.25) is 0 Å². The Bertz CT molecular complexity index is 434. The number of nitrogens with zero attached hydrogens (tertiary/aromatic N) is 2. The summed E-state index contributed by atoms with van der Waals surface area (Å²) in [6.07, 6.45) is 9.43. The highest BCUT2D eigenvalue weighted by atomic mass is 127. The lowest BCUT2D eigenvalue weighted by Gasteiger charge is -2.42. The fourth-order valence-corrected chi connectivity index (χ4v) is 4.19. The van der Waals surface area contributed by atoms with Crippen LogP contribution < -0.4 is 10.6 Å². The second-order valence-electron chi connectivity index (χ2n) is 8.32. The third-order valence-electron chi connectivity index (χ3n) is 6.02. The van der Waals surface area contributed by atoms with E-state index < -0.39 is 0 Å². The first kappa shape index (κ1) is 23.2. The Morgan fingerprint density at radius 3 is 2.56 bits per heavy atom. The molecule has 3 fully saturated rings. The van der Waals surface area contributed by atoms with Gasteiger partial charge in [-0.25, -0.2) is 0 Å². The Balaban J connectivity index is 0.00000261. The topological polar surface area (TPSA) is 58.1 Å². The molecule has 2 aliphatic carbocycles. The Hall–Kier alpha value is -0.120. The van der Waals surface area contributed by atoms with E-state index in [9.17, 15) is 0 Å². The molecule has 7 heteroatoms. The summed E-state index contributed by atoms with van der Waals surface area (Å²) in [4.78, 5) is 7.00. The highest BCUT2D eigenvalue weighted by molar-refractivity contribution is 14.0. The zero-order valence-electron chi connectivity index (χ0n) is 17.0. The lowest BCUT2D eigenvalue weighted by molar-refractivity contribution is 0.00820. The number of morpholine rings is 1. The molecule has 1 heterocycles. The predicted octanol–water partition coefficient (Wildman–Crippen LogP) is 2.48. The molecule has 3 rings (SSSR count). The molecule has 1 aliphatic heterocycles. The molecule has 0 aromatic carbocycles. The Morgan fingerprint density at radius 2 is 1.89 bits per heavy atom. The largest absolute Gasteiger partial charge is 0.379 e. The summed E-state index contributed by atoms with van der Waals surface area (Å²) in [6.45, 7) is 8.62. The fraction of sp³-hybridized carbons (Fsp3) is 0.950. The maximum Gasteiger partial charge on any atom is 0.191 e. The van der Waals surface area contributed by atoms with Gasteiger partial charge in [-0.3, -0.25) is 9.89 Å². The molecule has 27 heavy (non-hydrogen) atoms. The molecule has 0 unspecified atom stereocenters. The van der Waals surface area contributed by atoms with Gasteiger partial charge in [0.15, 0.2) is 5.96 Å². The molecule has 0 radical (unpaired) electrons. The fourth-order valence-electron chi connectivity index (χ4n) is 4.19. The lowest BCUT2D eigenvalue weighted by atomic mass is 9.73. The van der Waals surface area contributed by atoms with Crippen LogP contribution in [0.4, 0.5) is 0 Å². The zero-order valence-corrected chi connectivity index (χ0v) is 19.3. The second kappa shape index (κ2) is 12.4. The summed E-state index contributed by atoms with van der Waals surface area (Å²) < 4.78 is 11.2. The molecule has 6 nitrogen and oxygen atoms in total. The van der Waals surface area contributed by atoms with Crippen LogP contribution in [0.1, 0.15) is 44.9 Å². The van der Waals surface area contributed by atoms with E-state index in [1.165, 1.54) is 51.5 Å². The smallest absolute Gasteiger partial charge is 0.191 e. The minimum Gasteiger partial charge on any atom is -0.379 e. The van der Waals surface area contributed by atoms with Crippen molar-refractivity contribution in [3.8, 4) is 0 Å². The first-order valence-corrected chi connectivity index (χ1v) is 10.6. The average molecular weight is 494 g/mol. The Labute approximate surface area is 182 Å². The van der Waals surface area contributed by atoms with Crippen molar-refractivity contribution in [2.24, 2.45) is 16.3 Å². The van der Waals surface area contributed by atoms with E-state index in [1.807, 2.05) is 7.05 Å². The van der Waals surface area contributed by atoms with Gasteiger partial charge in [0.25, 0.3) is 0 Å². The standard InChI is InChI=1S/C20H38N4O2.HI/c1-21-19(22-9-12-26-15-18-5-6-18)23-16-20(7-3-2-4-8-20)17-24-10-13-25-14-11-24;/h18H,2-17H2,1H3,(H2,21,22,23);1H. The molecule has 3 aliphatic rings.